The van der Waals surface area contributed by atoms with Gasteiger partial charge in [0.1, 0.15) is 11.6 Å². The van der Waals surface area contributed by atoms with Gasteiger partial charge in [0.2, 0.25) is 0 Å². The van der Waals surface area contributed by atoms with Crippen LogP contribution in [0.3, 0.4) is 0 Å². The first-order valence-electron chi connectivity index (χ1n) is 5.98. The van der Waals surface area contributed by atoms with E-state index < -0.39 is 0 Å². The predicted octanol–water partition coefficient (Wildman–Crippen LogP) is 1.95. The predicted molar refractivity (Wildman–Crippen MR) is 77.8 cm³/mol. The van der Waals surface area contributed by atoms with Crippen molar-refractivity contribution in [2.75, 3.05) is 19.1 Å². The Labute approximate surface area is 117 Å². The fraction of sp³-hybridized carbons (Fsp3) is 0.143. The van der Waals surface area contributed by atoms with E-state index in [1.165, 1.54) is 0 Å². The summed E-state index contributed by atoms with van der Waals surface area (Å²) in [6, 6.07) is 11.0. The molecule has 0 radical (unpaired) electrons. The lowest BCUT2D eigenvalue weighted by Gasteiger charge is -2.21. The Morgan fingerprint density at radius 3 is 2.85 bits per heavy atom. The highest BCUT2D eigenvalue weighted by molar-refractivity contribution is 6.01. The van der Waals surface area contributed by atoms with E-state index in [0.29, 0.717) is 11.4 Å². The van der Waals surface area contributed by atoms with E-state index in [1.807, 2.05) is 36.2 Å². The van der Waals surface area contributed by atoms with Crippen LogP contribution < -0.4 is 15.4 Å². The Bertz CT molecular complexity index is 628. The first-order chi connectivity index (χ1) is 9.67. The first kappa shape index (κ1) is 13.7. The lowest BCUT2D eigenvalue weighted by molar-refractivity contribution is 0.318. The molecule has 6 heteroatoms. The summed E-state index contributed by atoms with van der Waals surface area (Å²) < 4.78 is 5.20. The lowest BCUT2D eigenvalue weighted by atomic mass is 10.2. The number of anilines is 2. The Hall–Kier alpha value is -2.76. The van der Waals surface area contributed by atoms with Crippen LogP contribution in [0.15, 0.2) is 47.8 Å². The summed E-state index contributed by atoms with van der Waals surface area (Å²) in [5.41, 5.74) is 7.12. The van der Waals surface area contributed by atoms with Gasteiger partial charge in [0.15, 0.2) is 5.84 Å². The van der Waals surface area contributed by atoms with E-state index in [1.54, 1.807) is 25.4 Å². The lowest BCUT2D eigenvalue weighted by Crippen LogP contribution is -2.20. The number of aromatic nitrogens is 1. The number of hydrogen-bond acceptors (Lipinski definition) is 5. The van der Waals surface area contributed by atoms with E-state index in [9.17, 15) is 0 Å². The maximum absolute atomic E-state index is 8.84. The van der Waals surface area contributed by atoms with Crippen LogP contribution >= 0.6 is 0 Å². The molecule has 2 rings (SSSR count). The number of hydrogen-bond donors (Lipinski definition) is 2. The highest BCUT2D eigenvalue weighted by Crippen LogP contribution is 2.27. The van der Waals surface area contributed by atoms with Gasteiger partial charge < -0.3 is 20.6 Å². The van der Waals surface area contributed by atoms with Gasteiger partial charge in [-0.05, 0) is 24.3 Å². The van der Waals surface area contributed by atoms with Gasteiger partial charge >= 0.3 is 0 Å². The van der Waals surface area contributed by atoms with Crippen molar-refractivity contribution in [2.24, 2.45) is 10.9 Å². The molecule has 0 spiro atoms. The van der Waals surface area contributed by atoms with Crippen LogP contribution in [0.1, 0.15) is 5.56 Å². The number of benzene rings is 1. The standard InChI is InChI=1S/C14H16N4O2/c1-18(10-5-3-6-11(9-10)20-2)14-12(13(15)17-19)7-4-8-16-14/h3-9,19H,1-2H3,(H2,15,17). The van der Waals surface area contributed by atoms with Crippen LogP contribution in [0.25, 0.3) is 0 Å². The van der Waals surface area contributed by atoms with Crippen LogP contribution in [0, 0.1) is 0 Å². The Kier molecular flexibility index (Phi) is 4.05. The van der Waals surface area contributed by atoms with Crippen molar-refractivity contribution >= 4 is 17.3 Å². The van der Waals surface area contributed by atoms with Gasteiger partial charge in [-0.1, -0.05) is 11.2 Å². The second-order valence-electron chi connectivity index (χ2n) is 4.12. The van der Waals surface area contributed by atoms with Crippen LogP contribution in [0.5, 0.6) is 5.75 Å². The summed E-state index contributed by atoms with van der Waals surface area (Å²) in [5, 5.41) is 11.9. The molecular formula is C14H16N4O2. The minimum Gasteiger partial charge on any atom is -0.497 e. The fourth-order valence-corrected chi connectivity index (χ4v) is 1.86. The molecule has 0 unspecified atom stereocenters. The third kappa shape index (κ3) is 2.64. The smallest absolute Gasteiger partial charge is 0.173 e. The molecule has 1 aromatic heterocycles. The molecule has 1 aromatic carbocycles. The SMILES string of the molecule is COc1cccc(N(C)c2ncccc2C(N)=NO)c1. The van der Waals surface area contributed by atoms with Crippen molar-refractivity contribution in [2.45, 2.75) is 0 Å². The molecule has 1 heterocycles. The van der Waals surface area contributed by atoms with Crippen molar-refractivity contribution < 1.29 is 9.94 Å². The zero-order valence-electron chi connectivity index (χ0n) is 11.3. The number of nitrogens with two attached hydrogens (primary N) is 1. The molecule has 0 aliphatic rings. The van der Waals surface area contributed by atoms with Crippen LogP contribution in [-0.2, 0) is 0 Å². The number of amidine groups is 1. The number of nitrogens with zero attached hydrogens (tertiary/aromatic N) is 3. The van der Waals surface area contributed by atoms with E-state index >= 15 is 0 Å². The van der Waals surface area contributed by atoms with Gasteiger partial charge in [0.05, 0.1) is 12.7 Å². The third-order valence-electron chi connectivity index (χ3n) is 2.93. The summed E-state index contributed by atoms with van der Waals surface area (Å²) >= 11 is 0. The van der Waals surface area contributed by atoms with Gasteiger partial charge in [-0.25, -0.2) is 4.98 Å². The molecule has 6 nitrogen and oxygen atoms in total. The number of rotatable bonds is 4. The monoisotopic (exact) mass is 272 g/mol. The van der Waals surface area contributed by atoms with Crippen molar-refractivity contribution in [3.63, 3.8) is 0 Å². The van der Waals surface area contributed by atoms with Crippen molar-refractivity contribution in [1.29, 1.82) is 0 Å². The number of ether oxygens (including phenoxy) is 1. The average molecular weight is 272 g/mol. The molecule has 0 bridgehead atoms. The van der Waals surface area contributed by atoms with E-state index in [4.69, 9.17) is 15.7 Å². The highest BCUT2D eigenvalue weighted by atomic mass is 16.5. The minimum absolute atomic E-state index is 0.0165. The summed E-state index contributed by atoms with van der Waals surface area (Å²) in [5.74, 6) is 1.36. The molecule has 0 saturated carbocycles. The van der Waals surface area contributed by atoms with Crippen LogP contribution in [-0.4, -0.2) is 30.2 Å². The topological polar surface area (TPSA) is 84.0 Å². The van der Waals surface area contributed by atoms with E-state index in [-0.39, 0.29) is 5.84 Å². The summed E-state index contributed by atoms with van der Waals surface area (Å²) in [7, 11) is 3.47. The second-order valence-corrected chi connectivity index (χ2v) is 4.12. The van der Waals surface area contributed by atoms with Crippen molar-refractivity contribution in [1.82, 2.24) is 4.98 Å². The average Bonchev–Trinajstić information content (AvgIpc) is 2.53. The largest absolute Gasteiger partial charge is 0.497 e. The molecule has 3 N–H and O–H groups in total. The zero-order chi connectivity index (χ0) is 14.5. The summed E-state index contributed by atoms with van der Waals surface area (Å²) in [6.07, 6.45) is 1.65. The summed E-state index contributed by atoms with van der Waals surface area (Å²) in [4.78, 5) is 6.14. The molecule has 0 aliphatic carbocycles. The van der Waals surface area contributed by atoms with Gasteiger partial charge in [-0.2, -0.15) is 0 Å². The minimum atomic E-state index is 0.0165. The molecule has 0 saturated heterocycles. The van der Waals surface area contributed by atoms with Crippen LogP contribution in [0.4, 0.5) is 11.5 Å². The highest BCUT2D eigenvalue weighted by Gasteiger charge is 2.13. The first-order valence-corrected chi connectivity index (χ1v) is 5.98. The maximum atomic E-state index is 8.84. The molecule has 0 fully saturated rings. The Balaban J connectivity index is 2.45. The third-order valence-corrected chi connectivity index (χ3v) is 2.93. The Morgan fingerprint density at radius 2 is 2.15 bits per heavy atom. The van der Waals surface area contributed by atoms with Gasteiger partial charge in [0, 0.05) is 25.0 Å². The zero-order valence-corrected chi connectivity index (χ0v) is 11.3. The van der Waals surface area contributed by atoms with Crippen LogP contribution in [0.2, 0.25) is 0 Å². The Morgan fingerprint density at radius 1 is 1.35 bits per heavy atom. The van der Waals surface area contributed by atoms with Gasteiger partial charge in [-0.3, -0.25) is 0 Å². The molecule has 0 atom stereocenters. The fourth-order valence-electron chi connectivity index (χ4n) is 1.86. The van der Waals surface area contributed by atoms with Crippen molar-refractivity contribution in [3.8, 4) is 5.75 Å². The molecule has 2 aromatic rings. The molecule has 20 heavy (non-hydrogen) atoms. The van der Waals surface area contributed by atoms with Gasteiger partial charge in [-0.15, -0.1) is 0 Å². The van der Waals surface area contributed by atoms with E-state index in [0.717, 1.165) is 11.4 Å². The van der Waals surface area contributed by atoms with E-state index in [2.05, 4.69) is 10.1 Å². The number of methoxy groups -OCH3 is 1. The van der Waals surface area contributed by atoms with Gasteiger partial charge in [0.25, 0.3) is 0 Å². The quantitative estimate of drug-likeness (QED) is 0.384. The maximum Gasteiger partial charge on any atom is 0.173 e. The number of oxime groups is 1. The molecule has 0 amide bonds. The second kappa shape index (κ2) is 5.92. The van der Waals surface area contributed by atoms with Crippen molar-refractivity contribution in [3.05, 3.63) is 48.2 Å². The summed E-state index contributed by atoms with van der Waals surface area (Å²) in [6.45, 7) is 0. The molecule has 104 valence electrons. The normalized spacial score (nSPS) is 11.2. The molecular weight excluding hydrogens is 256 g/mol. The number of pyridine rings is 1. The molecule has 0 aliphatic heterocycles.